The van der Waals surface area contributed by atoms with Gasteiger partial charge in [-0.25, -0.2) is 0 Å². The van der Waals surface area contributed by atoms with E-state index in [1.54, 1.807) is 0 Å². The predicted octanol–water partition coefficient (Wildman–Crippen LogP) is 0.950. The predicted molar refractivity (Wildman–Crippen MR) is 65.3 cm³/mol. The lowest BCUT2D eigenvalue weighted by Gasteiger charge is -2.15. The number of rotatable bonds is 7. The second kappa shape index (κ2) is 7.39. The molecule has 2 atom stereocenters. The summed E-state index contributed by atoms with van der Waals surface area (Å²) in [5, 5.41) is 21.0. The Kier molecular flexibility index (Phi) is 6.08. The number of nitrogens with one attached hydrogen (secondary N) is 1. The van der Waals surface area contributed by atoms with Gasteiger partial charge in [0.05, 0.1) is 12.7 Å². The molecule has 0 saturated heterocycles. The minimum absolute atomic E-state index is 0.182. The first-order valence-electron chi connectivity index (χ1n) is 5.78. The second-order valence-corrected chi connectivity index (χ2v) is 4.17. The molecular weight excluding hydrogens is 202 g/mol. The van der Waals surface area contributed by atoms with Crippen LogP contribution in [0.1, 0.15) is 18.9 Å². The highest BCUT2D eigenvalue weighted by Gasteiger charge is 2.05. The van der Waals surface area contributed by atoms with E-state index in [1.165, 1.54) is 5.56 Å². The fourth-order valence-corrected chi connectivity index (χ4v) is 1.53. The molecule has 0 aromatic heterocycles. The summed E-state index contributed by atoms with van der Waals surface area (Å²) in [4.78, 5) is 0. The summed E-state index contributed by atoms with van der Waals surface area (Å²) >= 11 is 0. The Labute approximate surface area is 97.1 Å². The van der Waals surface area contributed by atoms with E-state index >= 15 is 0 Å². The van der Waals surface area contributed by atoms with E-state index in [0.29, 0.717) is 12.6 Å². The van der Waals surface area contributed by atoms with Crippen molar-refractivity contribution >= 4 is 0 Å². The summed E-state index contributed by atoms with van der Waals surface area (Å²) in [5.74, 6) is 0. The zero-order valence-electron chi connectivity index (χ0n) is 9.76. The molecule has 0 amide bonds. The van der Waals surface area contributed by atoms with E-state index in [4.69, 9.17) is 5.11 Å². The van der Waals surface area contributed by atoms with E-state index in [2.05, 4.69) is 24.4 Å². The third-order valence-electron chi connectivity index (χ3n) is 2.62. The lowest BCUT2D eigenvalue weighted by molar-refractivity contribution is 0.0921. The SMILES string of the molecule is C[C@H](CCc1ccccc1)NC[C@@H](O)CO. The minimum atomic E-state index is -0.654. The molecule has 0 bridgehead atoms. The summed E-state index contributed by atoms with van der Waals surface area (Å²) < 4.78 is 0. The Morgan fingerprint density at radius 3 is 2.56 bits per heavy atom. The van der Waals surface area contributed by atoms with E-state index in [0.717, 1.165) is 12.8 Å². The third-order valence-corrected chi connectivity index (χ3v) is 2.62. The Bertz CT molecular complexity index is 277. The molecule has 1 aromatic carbocycles. The fourth-order valence-electron chi connectivity index (χ4n) is 1.53. The highest BCUT2D eigenvalue weighted by atomic mass is 16.3. The number of aryl methyl sites for hydroxylation is 1. The molecule has 0 heterocycles. The normalized spacial score (nSPS) is 14.7. The molecule has 3 N–H and O–H groups in total. The highest BCUT2D eigenvalue weighted by molar-refractivity contribution is 5.14. The fraction of sp³-hybridized carbons (Fsp3) is 0.538. The van der Waals surface area contributed by atoms with Gasteiger partial charge in [0.15, 0.2) is 0 Å². The maximum Gasteiger partial charge on any atom is 0.0895 e. The molecule has 0 radical (unpaired) electrons. The van der Waals surface area contributed by atoms with Crippen LogP contribution in [0.4, 0.5) is 0 Å². The van der Waals surface area contributed by atoms with Crippen LogP contribution in [0.2, 0.25) is 0 Å². The maximum absolute atomic E-state index is 9.18. The van der Waals surface area contributed by atoms with Gasteiger partial charge in [-0.15, -0.1) is 0 Å². The van der Waals surface area contributed by atoms with Gasteiger partial charge < -0.3 is 15.5 Å². The van der Waals surface area contributed by atoms with Crippen LogP contribution in [-0.4, -0.2) is 35.5 Å². The smallest absolute Gasteiger partial charge is 0.0895 e. The van der Waals surface area contributed by atoms with Crippen LogP contribution in [0, 0.1) is 0 Å². The lowest BCUT2D eigenvalue weighted by Crippen LogP contribution is -2.35. The molecule has 1 rings (SSSR count). The van der Waals surface area contributed by atoms with Crippen molar-refractivity contribution in [1.82, 2.24) is 5.32 Å². The topological polar surface area (TPSA) is 52.5 Å². The lowest BCUT2D eigenvalue weighted by atomic mass is 10.1. The van der Waals surface area contributed by atoms with Gasteiger partial charge in [-0.3, -0.25) is 0 Å². The Balaban J connectivity index is 2.18. The maximum atomic E-state index is 9.18. The van der Waals surface area contributed by atoms with Crippen LogP contribution in [0.3, 0.4) is 0 Å². The molecule has 0 saturated carbocycles. The first-order chi connectivity index (χ1) is 7.72. The molecule has 3 nitrogen and oxygen atoms in total. The first-order valence-corrected chi connectivity index (χ1v) is 5.78. The van der Waals surface area contributed by atoms with Crippen LogP contribution < -0.4 is 5.32 Å². The zero-order chi connectivity index (χ0) is 11.8. The molecule has 16 heavy (non-hydrogen) atoms. The van der Waals surface area contributed by atoms with E-state index in [1.807, 2.05) is 18.2 Å². The van der Waals surface area contributed by atoms with Crippen molar-refractivity contribution in [2.24, 2.45) is 0 Å². The molecule has 0 aliphatic heterocycles. The van der Waals surface area contributed by atoms with Crippen molar-refractivity contribution in [3.63, 3.8) is 0 Å². The van der Waals surface area contributed by atoms with Gasteiger partial charge in [0.2, 0.25) is 0 Å². The van der Waals surface area contributed by atoms with Crippen molar-refractivity contribution in [3.8, 4) is 0 Å². The summed E-state index contributed by atoms with van der Waals surface area (Å²) in [6.07, 6.45) is 1.41. The number of aliphatic hydroxyl groups is 2. The highest BCUT2D eigenvalue weighted by Crippen LogP contribution is 2.04. The molecule has 0 unspecified atom stereocenters. The molecule has 0 aliphatic rings. The first kappa shape index (κ1) is 13.2. The van der Waals surface area contributed by atoms with Gasteiger partial charge >= 0.3 is 0 Å². The van der Waals surface area contributed by atoms with Crippen LogP contribution in [0.15, 0.2) is 30.3 Å². The van der Waals surface area contributed by atoms with E-state index in [-0.39, 0.29) is 6.61 Å². The third kappa shape index (κ3) is 5.26. The molecule has 3 heteroatoms. The monoisotopic (exact) mass is 223 g/mol. The van der Waals surface area contributed by atoms with Crippen molar-refractivity contribution in [3.05, 3.63) is 35.9 Å². The van der Waals surface area contributed by atoms with Crippen LogP contribution in [0.5, 0.6) is 0 Å². The number of aliphatic hydroxyl groups excluding tert-OH is 2. The number of hydrogen-bond donors (Lipinski definition) is 3. The van der Waals surface area contributed by atoms with Gasteiger partial charge in [-0.05, 0) is 25.3 Å². The van der Waals surface area contributed by atoms with Crippen molar-refractivity contribution in [2.45, 2.75) is 31.9 Å². The van der Waals surface area contributed by atoms with Crippen LogP contribution >= 0.6 is 0 Å². The van der Waals surface area contributed by atoms with Gasteiger partial charge in [-0.2, -0.15) is 0 Å². The van der Waals surface area contributed by atoms with E-state index < -0.39 is 6.10 Å². The van der Waals surface area contributed by atoms with Crippen LogP contribution in [0.25, 0.3) is 0 Å². The van der Waals surface area contributed by atoms with Gasteiger partial charge in [0.25, 0.3) is 0 Å². The van der Waals surface area contributed by atoms with Crippen molar-refractivity contribution in [1.29, 1.82) is 0 Å². The second-order valence-electron chi connectivity index (χ2n) is 4.17. The Hall–Kier alpha value is -0.900. The van der Waals surface area contributed by atoms with Gasteiger partial charge in [0, 0.05) is 12.6 Å². The Morgan fingerprint density at radius 2 is 1.94 bits per heavy atom. The van der Waals surface area contributed by atoms with Crippen molar-refractivity contribution < 1.29 is 10.2 Å². The van der Waals surface area contributed by atoms with E-state index in [9.17, 15) is 5.11 Å². The minimum Gasteiger partial charge on any atom is -0.394 e. The standard InChI is InChI=1S/C13H21NO2/c1-11(14-9-13(16)10-15)7-8-12-5-3-2-4-6-12/h2-6,11,13-16H,7-10H2,1H3/t11-,13-/m1/s1. The zero-order valence-corrected chi connectivity index (χ0v) is 9.76. The Morgan fingerprint density at radius 1 is 1.25 bits per heavy atom. The summed E-state index contributed by atoms with van der Waals surface area (Å²) in [7, 11) is 0. The molecule has 90 valence electrons. The average molecular weight is 223 g/mol. The van der Waals surface area contributed by atoms with Crippen molar-refractivity contribution in [2.75, 3.05) is 13.2 Å². The average Bonchev–Trinajstić information content (AvgIpc) is 2.34. The number of benzene rings is 1. The molecule has 0 spiro atoms. The van der Waals surface area contributed by atoms with Gasteiger partial charge in [-0.1, -0.05) is 30.3 Å². The molecule has 0 fully saturated rings. The molecular formula is C13H21NO2. The summed E-state index contributed by atoms with van der Waals surface area (Å²) in [5.41, 5.74) is 1.33. The quantitative estimate of drug-likeness (QED) is 0.645. The molecule has 0 aliphatic carbocycles. The van der Waals surface area contributed by atoms with Gasteiger partial charge in [0.1, 0.15) is 0 Å². The molecule has 1 aromatic rings. The summed E-state index contributed by atoms with van der Waals surface area (Å²) in [6.45, 7) is 2.36. The summed E-state index contributed by atoms with van der Waals surface area (Å²) in [6, 6.07) is 10.7. The largest absolute Gasteiger partial charge is 0.394 e. The van der Waals surface area contributed by atoms with Crippen LogP contribution in [-0.2, 0) is 6.42 Å². The number of hydrogen-bond acceptors (Lipinski definition) is 3.